The standard InChI is InChI=1S/C12H12N2O3/c15-7-8-5-9(6-13-8)16-12-10-3-1-2-4-11(10)17-14-12/h1-4,7-9,13H,5-6H2/t8-,9+/m0/s1. The number of fused-ring (bicyclic) bond motifs is 1. The normalized spacial score (nSPS) is 24.0. The number of hydrogen-bond acceptors (Lipinski definition) is 5. The van der Waals surface area contributed by atoms with Crippen LogP contribution in [0.25, 0.3) is 11.0 Å². The van der Waals surface area contributed by atoms with E-state index in [0.717, 1.165) is 11.7 Å². The molecule has 0 spiro atoms. The molecule has 3 rings (SSSR count). The molecule has 5 nitrogen and oxygen atoms in total. The Morgan fingerprint density at radius 1 is 1.47 bits per heavy atom. The monoisotopic (exact) mass is 232 g/mol. The number of hydrogen-bond donors (Lipinski definition) is 1. The average molecular weight is 232 g/mol. The number of aromatic nitrogens is 1. The van der Waals surface area contributed by atoms with E-state index in [9.17, 15) is 4.79 Å². The van der Waals surface area contributed by atoms with E-state index in [1.54, 1.807) is 0 Å². The number of ether oxygens (including phenoxy) is 1. The maximum Gasteiger partial charge on any atom is 0.262 e. The zero-order valence-corrected chi connectivity index (χ0v) is 9.13. The summed E-state index contributed by atoms with van der Waals surface area (Å²) in [4.78, 5) is 10.6. The summed E-state index contributed by atoms with van der Waals surface area (Å²) in [5, 5.41) is 7.82. The highest BCUT2D eigenvalue weighted by Crippen LogP contribution is 2.26. The molecule has 1 saturated heterocycles. The Morgan fingerprint density at radius 3 is 3.18 bits per heavy atom. The third-order valence-electron chi connectivity index (χ3n) is 2.91. The van der Waals surface area contributed by atoms with E-state index < -0.39 is 0 Å². The first kappa shape index (κ1) is 10.3. The maximum absolute atomic E-state index is 10.6. The molecule has 0 unspecified atom stereocenters. The Labute approximate surface area is 97.7 Å². The molecular formula is C12H12N2O3. The fourth-order valence-electron chi connectivity index (χ4n) is 2.03. The molecule has 0 radical (unpaired) electrons. The largest absolute Gasteiger partial charge is 0.470 e. The molecule has 17 heavy (non-hydrogen) atoms. The van der Waals surface area contributed by atoms with E-state index in [2.05, 4.69) is 10.5 Å². The topological polar surface area (TPSA) is 64.4 Å². The molecule has 2 heterocycles. The number of para-hydroxylation sites is 1. The summed E-state index contributed by atoms with van der Waals surface area (Å²) >= 11 is 0. The van der Waals surface area contributed by atoms with Crippen molar-refractivity contribution in [1.29, 1.82) is 0 Å². The minimum atomic E-state index is -0.113. The summed E-state index contributed by atoms with van der Waals surface area (Å²) in [6, 6.07) is 7.43. The van der Waals surface area contributed by atoms with Gasteiger partial charge in [0.15, 0.2) is 5.58 Å². The van der Waals surface area contributed by atoms with Crippen LogP contribution in [-0.2, 0) is 4.79 Å². The van der Waals surface area contributed by atoms with Crippen LogP contribution in [0.5, 0.6) is 5.88 Å². The molecule has 1 aromatic carbocycles. The lowest BCUT2D eigenvalue weighted by Crippen LogP contribution is -2.23. The number of carbonyl (C=O) groups excluding carboxylic acids is 1. The SMILES string of the molecule is O=C[C@@H]1C[C@@H](Oc2noc3ccccc23)CN1. The lowest BCUT2D eigenvalue weighted by Gasteiger charge is -2.08. The van der Waals surface area contributed by atoms with Crippen LogP contribution in [-0.4, -0.2) is 30.1 Å². The Morgan fingerprint density at radius 2 is 2.35 bits per heavy atom. The van der Waals surface area contributed by atoms with Crippen molar-refractivity contribution < 1.29 is 14.1 Å². The first-order valence-electron chi connectivity index (χ1n) is 5.56. The quantitative estimate of drug-likeness (QED) is 0.804. The van der Waals surface area contributed by atoms with E-state index in [-0.39, 0.29) is 12.1 Å². The third kappa shape index (κ3) is 1.89. The van der Waals surface area contributed by atoms with Crippen molar-refractivity contribution in [3.05, 3.63) is 24.3 Å². The zero-order valence-electron chi connectivity index (χ0n) is 9.13. The molecule has 0 saturated carbocycles. The van der Waals surface area contributed by atoms with Crippen molar-refractivity contribution in [3.63, 3.8) is 0 Å². The number of nitrogens with zero attached hydrogens (tertiary/aromatic N) is 1. The second-order valence-corrected chi connectivity index (χ2v) is 4.11. The predicted molar refractivity (Wildman–Crippen MR) is 60.9 cm³/mol. The lowest BCUT2D eigenvalue weighted by atomic mass is 10.2. The predicted octanol–water partition coefficient (Wildman–Crippen LogP) is 1.14. The van der Waals surface area contributed by atoms with Gasteiger partial charge in [0.1, 0.15) is 12.4 Å². The highest BCUT2D eigenvalue weighted by atomic mass is 16.5. The van der Waals surface area contributed by atoms with Crippen molar-refractivity contribution in [3.8, 4) is 5.88 Å². The molecule has 0 bridgehead atoms. The van der Waals surface area contributed by atoms with Gasteiger partial charge in [-0.1, -0.05) is 12.1 Å². The first-order valence-corrected chi connectivity index (χ1v) is 5.56. The maximum atomic E-state index is 10.6. The van der Waals surface area contributed by atoms with Crippen LogP contribution < -0.4 is 10.1 Å². The Kier molecular flexibility index (Phi) is 2.53. The number of carbonyl (C=O) groups is 1. The van der Waals surface area contributed by atoms with Gasteiger partial charge < -0.3 is 19.4 Å². The van der Waals surface area contributed by atoms with Crippen molar-refractivity contribution in [2.24, 2.45) is 0 Å². The van der Waals surface area contributed by atoms with Gasteiger partial charge in [-0.3, -0.25) is 0 Å². The second kappa shape index (κ2) is 4.18. The molecule has 1 aliphatic heterocycles. The fourth-order valence-corrected chi connectivity index (χ4v) is 2.03. The summed E-state index contributed by atoms with van der Waals surface area (Å²) in [5.74, 6) is 0.499. The van der Waals surface area contributed by atoms with Crippen molar-refractivity contribution in [1.82, 2.24) is 10.5 Å². The van der Waals surface area contributed by atoms with Crippen LogP contribution in [0.3, 0.4) is 0 Å². The van der Waals surface area contributed by atoms with Gasteiger partial charge in [0, 0.05) is 13.0 Å². The molecule has 1 fully saturated rings. The molecule has 88 valence electrons. The van der Waals surface area contributed by atoms with Gasteiger partial charge in [-0.25, -0.2) is 0 Å². The van der Waals surface area contributed by atoms with Crippen molar-refractivity contribution in [2.75, 3.05) is 6.54 Å². The van der Waals surface area contributed by atoms with Crippen molar-refractivity contribution in [2.45, 2.75) is 18.6 Å². The lowest BCUT2D eigenvalue weighted by molar-refractivity contribution is -0.109. The summed E-state index contributed by atoms with van der Waals surface area (Å²) in [6.07, 6.45) is 1.55. The van der Waals surface area contributed by atoms with Crippen LogP contribution >= 0.6 is 0 Å². The smallest absolute Gasteiger partial charge is 0.262 e. The summed E-state index contributed by atoms with van der Waals surface area (Å²) in [6.45, 7) is 0.657. The van der Waals surface area contributed by atoms with E-state index in [0.29, 0.717) is 24.4 Å². The molecule has 5 heteroatoms. The van der Waals surface area contributed by atoms with Crippen LogP contribution in [0, 0.1) is 0 Å². The molecular weight excluding hydrogens is 220 g/mol. The molecule has 1 aliphatic rings. The highest BCUT2D eigenvalue weighted by molar-refractivity contribution is 5.81. The zero-order chi connectivity index (χ0) is 11.7. The Bertz CT molecular complexity index is 537. The molecule has 1 aromatic heterocycles. The van der Waals surface area contributed by atoms with Crippen LogP contribution in [0.2, 0.25) is 0 Å². The van der Waals surface area contributed by atoms with Gasteiger partial charge in [0.2, 0.25) is 0 Å². The first-order chi connectivity index (χ1) is 8.36. The average Bonchev–Trinajstić information content (AvgIpc) is 2.97. The minimum absolute atomic E-state index is 0.0290. The minimum Gasteiger partial charge on any atom is -0.470 e. The number of aldehydes is 1. The van der Waals surface area contributed by atoms with Gasteiger partial charge in [-0.15, -0.1) is 0 Å². The Balaban J connectivity index is 1.79. The fraction of sp³-hybridized carbons (Fsp3) is 0.333. The second-order valence-electron chi connectivity index (χ2n) is 4.11. The molecule has 1 N–H and O–H groups in total. The summed E-state index contributed by atoms with van der Waals surface area (Å²) in [7, 11) is 0. The van der Waals surface area contributed by atoms with Crippen LogP contribution in [0.1, 0.15) is 6.42 Å². The summed E-state index contributed by atoms with van der Waals surface area (Å²) in [5.41, 5.74) is 0.709. The van der Waals surface area contributed by atoms with E-state index in [1.807, 2.05) is 24.3 Å². The van der Waals surface area contributed by atoms with Crippen LogP contribution in [0.15, 0.2) is 28.8 Å². The van der Waals surface area contributed by atoms with Gasteiger partial charge >= 0.3 is 0 Å². The number of nitrogens with one attached hydrogen (secondary N) is 1. The van der Waals surface area contributed by atoms with E-state index in [4.69, 9.17) is 9.26 Å². The number of rotatable bonds is 3. The van der Waals surface area contributed by atoms with Gasteiger partial charge in [0.25, 0.3) is 5.88 Å². The Hall–Kier alpha value is -1.88. The van der Waals surface area contributed by atoms with Gasteiger partial charge in [-0.05, 0) is 17.3 Å². The van der Waals surface area contributed by atoms with E-state index in [1.165, 1.54) is 0 Å². The van der Waals surface area contributed by atoms with E-state index >= 15 is 0 Å². The van der Waals surface area contributed by atoms with Crippen LogP contribution in [0.4, 0.5) is 0 Å². The van der Waals surface area contributed by atoms with Gasteiger partial charge in [-0.2, -0.15) is 0 Å². The number of benzene rings is 1. The molecule has 2 aromatic rings. The molecule has 0 aliphatic carbocycles. The van der Waals surface area contributed by atoms with Gasteiger partial charge in [0.05, 0.1) is 11.4 Å². The van der Waals surface area contributed by atoms with Crippen molar-refractivity contribution >= 4 is 17.3 Å². The third-order valence-corrected chi connectivity index (χ3v) is 2.91. The highest BCUT2D eigenvalue weighted by Gasteiger charge is 2.26. The molecule has 0 amide bonds. The molecule has 2 atom stereocenters. The summed E-state index contributed by atoms with van der Waals surface area (Å²) < 4.78 is 10.9.